The van der Waals surface area contributed by atoms with Crippen molar-refractivity contribution < 1.29 is 13.9 Å². The molecule has 0 aliphatic carbocycles. The Balaban J connectivity index is 2.12. The molecule has 2 N–H and O–H groups in total. The van der Waals surface area contributed by atoms with E-state index in [1.165, 1.54) is 6.07 Å². The van der Waals surface area contributed by atoms with Crippen molar-refractivity contribution >= 4 is 21.9 Å². The molecule has 1 aromatic carbocycles. The van der Waals surface area contributed by atoms with Gasteiger partial charge in [0.25, 0.3) is 0 Å². The number of ether oxygens (including phenoxy) is 2. The van der Waals surface area contributed by atoms with Gasteiger partial charge in [0.2, 0.25) is 0 Å². The number of hydrogen-bond acceptors (Lipinski definition) is 3. The van der Waals surface area contributed by atoms with Gasteiger partial charge in [-0.15, -0.1) is 0 Å². The minimum Gasteiger partial charge on any atom is -0.379 e. The first kappa shape index (κ1) is 20.9. The quantitative estimate of drug-likeness (QED) is 0.338. The Hall–Kier alpha value is -1.18. The standard InChI is InChI=1S/C17H27BrFN3O2/c1-3-4-8-23-10-11-24-9-7-21-17(20-2)22-13-14-5-6-15(18)12-16(14)19/h5-6,12H,3-4,7-11,13H2,1-2H3,(H2,20,21,22). The van der Waals surface area contributed by atoms with E-state index in [1.54, 1.807) is 13.1 Å². The van der Waals surface area contributed by atoms with Crippen LogP contribution in [0.25, 0.3) is 0 Å². The summed E-state index contributed by atoms with van der Waals surface area (Å²) in [5, 5.41) is 6.20. The van der Waals surface area contributed by atoms with Gasteiger partial charge >= 0.3 is 0 Å². The van der Waals surface area contributed by atoms with Gasteiger partial charge in [0.1, 0.15) is 5.82 Å². The third-order valence-corrected chi connectivity index (χ3v) is 3.73. The zero-order valence-corrected chi connectivity index (χ0v) is 16.0. The molecule has 0 saturated carbocycles. The van der Waals surface area contributed by atoms with Crippen LogP contribution in [0, 0.1) is 5.82 Å². The van der Waals surface area contributed by atoms with Gasteiger partial charge in [-0.05, 0) is 18.6 Å². The summed E-state index contributed by atoms with van der Waals surface area (Å²) in [5.41, 5.74) is 0.585. The molecular weight excluding hydrogens is 377 g/mol. The van der Waals surface area contributed by atoms with Crippen molar-refractivity contribution in [3.05, 3.63) is 34.1 Å². The summed E-state index contributed by atoms with van der Waals surface area (Å²) in [7, 11) is 1.68. The maximum Gasteiger partial charge on any atom is 0.191 e. The second kappa shape index (κ2) is 13.1. The molecule has 136 valence electrons. The first-order chi connectivity index (χ1) is 11.7. The number of unbranched alkanes of at least 4 members (excludes halogenated alkanes) is 1. The molecule has 0 fully saturated rings. The Morgan fingerprint density at radius 3 is 2.58 bits per heavy atom. The second-order valence-corrected chi connectivity index (χ2v) is 6.08. The summed E-state index contributed by atoms with van der Waals surface area (Å²) in [6.07, 6.45) is 2.23. The smallest absolute Gasteiger partial charge is 0.191 e. The van der Waals surface area contributed by atoms with Crippen molar-refractivity contribution in [2.75, 3.05) is 40.0 Å². The van der Waals surface area contributed by atoms with Crippen LogP contribution in [0.1, 0.15) is 25.3 Å². The zero-order valence-electron chi connectivity index (χ0n) is 14.4. The van der Waals surface area contributed by atoms with Crippen LogP contribution in [0.4, 0.5) is 4.39 Å². The molecule has 0 atom stereocenters. The average molecular weight is 404 g/mol. The van der Waals surface area contributed by atoms with Crippen LogP contribution in [-0.4, -0.2) is 46.0 Å². The Kier molecular flexibility index (Phi) is 11.4. The largest absolute Gasteiger partial charge is 0.379 e. The SMILES string of the molecule is CCCCOCCOCCNC(=NC)NCc1ccc(Br)cc1F. The van der Waals surface area contributed by atoms with E-state index < -0.39 is 0 Å². The summed E-state index contributed by atoms with van der Waals surface area (Å²) < 4.78 is 25.3. The van der Waals surface area contributed by atoms with Gasteiger partial charge in [-0.1, -0.05) is 35.3 Å². The number of hydrogen-bond donors (Lipinski definition) is 2. The lowest BCUT2D eigenvalue weighted by molar-refractivity contribution is 0.0487. The summed E-state index contributed by atoms with van der Waals surface area (Å²) in [6.45, 7) is 5.68. The lowest BCUT2D eigenvalue weighted by Gasteiger charge is -2.12. The van der Waals surface area contributed by atoms with Crippen LogP contribution < -0.4 is 10.6 Å². The maximum absolute atomic E-state index is 13.7. The van der Waals surface area contributed by atoms with Crippen LogP contribution >= 0.6 is 15.9 Å². The Morgan fingerprint density at radius 2 is 1.92 bits per heavy atom. The highest BCUT2D eigenvalue weighted by Crippen LogP contribution is 2.14. The van der Waals surface area contributed by atoms with Crippen molar-refractivity contribution in [3.8, 4) is 0 Å². The number of halogens is 2. The van der Waals surface area contributed by atoms with E-state index >= 15 is 0 Å². The number of benzene rings is 1. The van der Waals surface area contributed by atoms with E-state index in [9.17, 15) is 4.39 Å². The number of rotatable bonds is 11. The third kappa shape index (κ3) is 9.20. The molecule has 0 bridgehead atoms. The minimum absolute atomic E-state index is 0.251. The highest BCUT2D eigenvalue weighted by molar-refractivity contribution is 9.10. The van der Waals surface area contributed by atoms with E-state index in [1.807, 2.05) is 6.07 Å². The molecular formula is C17H27BrFN3O2. The third-order valence-electron chi connectivity index (χ3n) is 3.24. The fourth-order valence-corrected chi connectivity index (χ4v) is 2.21. The van der Waals surface area contributed by atoms with Gasteiger partial charge in [0.15, 0.2) is 5.96 Å². The van der Waals surface area contributed by atoms with Crippen LogP contribution in [0.2, 0.25) is 0 Å². The van der Waals surface area contributed by atoms with Crippen LogP contribution in [0.3, 0.4) is 0 Å². The van der Waals surface area contributed by atoms with E-state index in [0.717, 1.165) is 23.9 Å². The first-order valence-electron chi connectivity index (χ1n) is 8.21. The van der Waals surface area contributed by atoms with Gasteiger partial charge in [-0.3, -0.25) is 4.99 Å². The first-order valence-corrected chi connectivity index (χ1v) is 9.00. The summed E-state index contributed by atoms with van der Waals surface area (Å²) in [5.74, 6) is 0.360. The molecule has 0 spiro atoms. The number of nitrogens with zero attached hydrogens (tertiary/aromatic N) is 1. The molecule has 1 aromatic rings. The van der Waals surface area contributed by atoms with Gasteiger partial charge in [0.05, 0.1) is 19.8 Å². The molecule has 7 heteroatoms. The molecule has 0 unspecified atom stereocenters. The number of guanidine groups is 1. The average Bonchev–Trinajstić information content (AvgIpc) is 2.57. The molecule has 0 saturated heterocycles. The molecule has 0 heterocycles. The van der Waals surface area contributed by atoms with Gasteiger partial charge < -0.3 is 20.1 Å². The normalized spacial score (nSPS) is 11.6. The molecule has 0 amide bonds. The minimum atomic E-state index is -0.251. The highest BCUT2D eigenvalue weighted by Gasteiger charge is 2.04. The number of nitrogens with one attached hydrogen (secondary N) is 2. The van der Waals surface area contributed by atoms with Crippen LogP contribution in [0.5, 0.6) is 0 Å². The molecule has 0 aliphatic heterocycles. The topological polar surface area (TPSA) is 54.9 Å². The molecule has 0 radical (unpaired) electrons. The van der Waals surface area contributed by atoms with E-state index in [4.69, 9.17) is 9.47 Å². The summed E-state index contributed by atoms with van der Waals surface area (Å²) in [6, 6.07) is 5.00. The molecule has 5 nitrogen and oxygen atoms in total. The fraction of sp³-hybridized carbons (Fsp3) is 0.588. The highest BCUT2D eigenvalue weighted by atomic mass is 79.9. The van der Waals surface area contributed by atoms with Crippen molar-refractivity contribution in [2.24, 2.45) is 4.99 Å². The summed E-state index contributed by atoms with van der Waals surface area (Å²) in [4.78, 5) is 4.10. The van der Waals surface area contributed by atoms with Crippen LogP contribution in [0.15, 0.2) is 27.7 Å². The second-order valence-electron chi connectivity index (χ2n) is 5.17. The maximum atomic E-state index is 13.7. The predicted molar refractivity (Wildman–Crippen MR) is 98.8 cm³/mol. The molecule has 0 aromatic heterocycles. The Labute approximate surface area is 152 Å². The predicted octanol–water partition coefficient (Wildman–Crippen LogP) is 3.09. The van der Waals surface area contributed by atoms with Gasteiger partial charge in [-0.25, -0.2) is 4.39 Å². The molecule has 0 aliphatic rings. The van der Waals surface area contributed by atoms with E-state index in [-0.39, 0.29) is 5.82 Å². The Bertz CT molecular complexity index is 501. The monoisotopic (exact) mass is 403 g/mol. The van der Waals surface area contributed by atoms with E-state index in [2.05, 4.69) is 38.5 Å². The van der Waals surface area contributed by atoms with Crippen molar-refractivity contribution in [3.63, 3.8) is 0 Å². The van der Waals surface area contributed by atoms with Crippen LogP contribution in [-0.2, 0) is 16.0 Å². The van der Waals surface area contributed by atoms with Gasteiger partial charge in [-0.2, -0.15) is 0 Å². The zero-order chi connectivity index (χ0) is 17.6. The number of aliphatic imine (C=N–C) groups is 1. The molecule has 1 rings (SSSR count). The fourth-order valence-electron chi connectivity index (χ4n) is 1.87. The Morgan fingerprint density at radius 1 is 1.17 bits per heavy atom. The van der Waals surface area contributed by atoms with Gasteiger partial charge in [0, 0.05) is 36.8 Å². The van der Waals surface area contributed by atoms with Crippen molar-refractivity contribution in [1.82, 2.24) is 10.6 Å². The van der Waals surface area contributed by atoms with Crippen molar-refractivity contribution in [2.45, 2.75) is 26.3 Å². The van der Waals surface area contributed by atoms with Crippen molar-refractivity contribution in [1.29, 1.82) is 0 Å². The summed E-state index contributed by atoms with van der Waals surface area (Å²) >= 11 is 3.24. The lowest BCUT2D eigenvalue weighted by Crippen LogP contribution is -2.38. The molecule has 24 heavy (non-hydrogen) atoms. The van der Waals surface area contributed by atoms with E-state index in [0.29, 0.717) is 44.4 Å². The lowest BCUT2D eigenvalue weighted by atomic mass is 10.2.